The van der Waals surface area contributed by atoms with Crippen molar-refractivity contribution in [1.82, 2.24) is 5.32 Å². The van der Waals surface area contributed by atoms with E-state index in [1.807, 2.05) is 20.8 Å². The van der Waals surface area contributed by atoms with Gasteiger partial charge in [-0.15, -0.1) is 0 Å². The highest BCUT2D eigenvalue weighted by Gasteiger charge is 2.17. The second-order valence-electron chi connectivity index (χ2n) is 6.14. The number of carbonyl (C=O) groups excluding carboxylic acids is 3. The van der Waals surface area contributed by atoms with Crippen LogP contribution in [0.25, 0.3) is 0 Å². The van der Waals surface area contributed by atoms with Crippen molar-refractivity contribution < 1.29 is 19.3 Å². The fourth-order valence-corrected chi connectivity index (χ4v) is 2.24. The van der Waals surface area contributed by atoms with E-state index in [0.29, 0.717) is 17.9 Å². The maximum atomic E-state index is 12.2. The molecule has 25 heavy (non-hydrogen) atoms. The van der Waals surface area contributed by atoms with Gasteiger partial charge in [-0.1, -0.05) is 6.92 Å². The zero-order valence-corrected chi connectivity index (χ0v) is 15.4. The number of benzene rings is 1. The molecule has 7 heteroatoms. The zero-order chi connectivity index (χ0) is 18.8. The number of rotatable bonds is 9. The van der Waals surface area contributed by atoms with E-state index in [1.165, 1.54) is 6.92 Å². The molecule has 0 saturated carbocycles. The highest BCUT2D eigenvalue weighted by atomic mass is 16.2. The summed E-state index contributed by atoms with van der Waals surface area (Å²) in [7, 11) is 0. The molecule has 3 amide bonds. The van der Waals surface area contributed by atoms with E-state index in [0.717, 1.165) is 11.3 Å². The van der Waals surface area contributed by atoms with Gasteiger partial charge in [0.05, 0.1) is 6.54 Å². The lowest BCUT2D eigenvalue weighted by atomic mass is 10.2. The van der Waals surface area contributed by atoms with E-state index < -0.39 is 0 Å². The van der Waals surface area contributed by atoms with Crippen LogP contribution in [0.5, 0.6) is 0 Å². The Bertz CT molecular complexity index is 586. The molecule has 0 heterocycles. The van der Waals surface area contributed by atoms with Gasteiger partial charge in [0.1, 0.15) is 0 Å². The topological polar surface area (TPSA) is 91.7 Å². The Morgan fingerprint density at radius 3 is 1.96 bits per heavy atom. The van der Waals surface area contributed by atoms with Gasteiger partial charge in [-0.25, -0.2) is 0 Å². The molecule has 138 valence electrons. The van der Waals surface area contributed by atoms with Crippen LogP contribution in [0.3, 0.4) is 0 Å². The van der Waals surface area contributed by atoms with Crippen LogP contribution in [-0.2, 0) is 14.4 Å². The van der Waals surface area contributed by atoms with Crippen molar-refractivity contribution in [3.05, 3.63) is 24.3 Å². The van der Waals surface area contributed by atoms with Crippen LogP contribution in [0.1, 0.15) is 34.1 Å². The first-order chi connectivity index (χ1) is 11.8. The second kappa shape index (κ2) is 10.5. The van der Waals surface area contributed by atoms with Crippen molar-refractivity contribution in [3.63, 3.8) is 0 Å². The summed E-state index contributed by atoms with van der Waals surface area (Å²) in [5.74, 6) is -0.339. The molecule has 1 aromatic rings. The molecule has 7 nitrogen and oxygen atoms in total. The van der Waals surface area contributed by atoms with Gasteiger partial charge in [0, 0.05) is 24.3 Å². The van der Waals surface area contributed by atoms with Gasteiger partial charge in [-0.2, -0.15) is 0 Å². The molecule has 1 unspecified atom stereocenters. The molecule has 0 aliphatic rings. The maximum absolute atomic E-state index is 12.2. The Balaban J connectivity index is 2.50. The minimum Gasteiger partial charge on any atom is -0.349 e. The molecule has 0 fully saturated rings. The molecule has 0 aromatic heterocycles. The van der Waals surface area contributed by atoms with Gasteiger partial charge in [-0.05, 0) is 44.5 Å². The van der Waals surface area contributed by atoms with Crippen LogP contribution < -0.4 is 20.9 Å². The van der Waals surface area contributed by atoms with Crippen molar-refractivity contribution in [2.24, 2.45) is 0 Å². The van der Waals surface area contributed by atoms with Gasteiger partial charge < -0.3 is 20.9 Å². The Morgan fingerprint density at radius 1 is 0.960 bits per heavy atom. The quantitative estimate of drug-likeness (QED) is 0.520. The molecule has 2 atom stereocenters. The van der Waals surface area contributed by atoms with Crippen molar-refractivity contribution in [3.8, 4) is 0 Å². The van der Waals surface area contributed by atoms with Crippen molar-refractivity contribution >= 4 is 29.1 Å². The Hall–Kier alpha value is -2.41. The molecule has 0 bridgehead atoms. The average Bonchev–Trinajstić information content (AvgIpc) is 2.55. The van der Waals surface area contributed by atoms with Crippen LogP contribution >= 0.6 is 0 Å². The van der Waals surface area contributed by atoms with Crippen molar-refractivity contribution in [2.75, 3.05) is 30.3 Å². The molecular weight excluding hydrogens is 320 g/mol. The predicted octanol–water partition coefficient (Wildman–Crippen LogP) is 0.403. The van der Waals surface area contributed by atoms with Gasteiger partial charge >= 0.3 is 0 Å². The summed E-state index contributed by atoms with van der Waals surface area (Å²) < 4.78 is 0. The predicted molar refractivity (Wildman–Crippen MR) is 98.5 cm³/mol. The van der Waals surface area contributed by atoms with Crippen molar-refractivity contribution in [1.29, 1.82) is 0 Å². The number of nitrogens with one attached hydrogen (secondary N) is 4. The summed E-state index contributed by atoms with van der Waals surface area (Å²) in [6.45, 7) is 8.54. The van der Waals surface area contributed by atoms with Crippen LogP contribution in [0.15, 0.2) is 24.3 Å². The van der Waals surface area contributed by atoms with Crippen molar-refractivity contribution in [2.45, 2.75) is 40.2 Å². The van der Waals surface area contributed by atoms with Crippen LogP contribution in [0.2, 0.25) is 0 Å². The van der Waals surface area contributed by atoms with Crippen LogP contribution in [-0.4, -0.2) is 43.4 Å². The number of anilines is 2. The minimum absolute atomic E-state index is 0.0429. The van der Waals surface area contributed by atoms with Gasteiger partial charge in [-0.3, -0.25) is 14.4 Å². The fraction of sp³-hybridized carbons (Fsp3) is 0.500. The first-order valence-corrected chi connectivity index (χ1v) is 8.64. The minimum atomic E-state index is -0.152. The summed E-state index contributed by atoms with van der Waals surface area (Å²) in [5, 5.41) is 8.39. The lowest BCUT2D eigenvalue weighted by molar-refractivity contribution is -0.881. The SMILES string of the molecule is CC[C@H](C)NC(=O)C[NH+](CC)CC(=O)Nc1ccc(NC(C)=O)cc1. The molecule has 0 aliphatic heterocycles. The van der Waals surface area contributed by atoms with E-state index in [-0.39, 0.29) is 36.9 Å². The smallest absolute Gasteiger partial charge is 0.279 e. The number of hydrogen-bond donors (Lipinski definition) is 4. The number of likely N-dealkylation sites (N-methyl/N-ethyl adjacent to an activating group) is 1. The number of quaternary nitrogens is 1. The van der Waals surface area contributed by atoms with Crippen LogP contribution in [0, 0.1) is 0 Å². The van der Waals surface area contributed by atoms with Gasteiger partial charge in [0.15, 0.2) is 13.1 Å². The summed E-state index contributed by atoms with van der Waals surface area (Å²) in [5.41, 5.74) is 1.33. The molecule has 1 rings (SSSR count). The van der Waals surface area contributed by atoms with E-state index in [9.17, 15) is 14.4 Å². The maximum Gasteiger partial charge on any atom is 0.279 e. The summed E-state index contributed by atoms with van der Waals surface area (Å²) in [6.07, 6.45) is 0.877. The zero-order valence-electron chi connectivity index (χ0n) is 15.4. The monoisotopic (exact) mass is 349 g/mol. The number of carbonyl (C=O) groups is 3. The highest BCUT2D eigenvalue weighted by molar-refractivity contribution is 5.92. The second-order valence-corrected chi connectivity index (χ2v) is 6.14. The number of amides is 3. The fourth-order valence-electron chi connectivity index (χ4n) is 2.24. The highest BCUT2D eigenvalue weighted by Crippen LogP contribution is 2.13. The van der Waals surface area contributed by atoms with Crippen LogP contribution in [0.4, 0.5) is 11.4 Å². The molecule has 1 aromatic carbocycles. The lowest BCUT2D eigenvalue weighted by Gasteiger charge is -2.18. The van der Waals surface area contributed by atoms with Gasteiger partial charge in [0.2, 0.25) is 5.91 Å². The molecule has 0 radical (unpaired) electrons. The normalized spacial score (nSPS) is 12.8. The Labute approximate surface area is 149 Å². The summed E-state index contributed by atoms with van der Waals surface area (Å²) in [4.78, 5) is 36.0. The molecule has 0 spiro atoms. The Morgan fingerprint density at radius 2 is 1.48 bits per heavy atom. The Kier molecular flexibility index (Phi) is 8.63. The van der Waals surface area contributed by atoms with E-state index in [2.05, 4.69) is 16.0 Å². The van der Waals surface area contributed by atoms with E-state index in [1.54, 1.807) is 24.3 Å². The molecular formula is C18H29N4O3+. The largest absolute Gasteiger partial charge is 0.349 e. The molecule has 4 N–H and O–H groups in total. The lowest BCUT2D eigenvalue weighted by Crippen LogP contribution is -3.14. The third-order valence-corrected chi connectivity index (χ3v) is 3.83. The summed E-state index contributed by atoms with van der Waals surface area (Å²) >= 11 is 0. The first kappa shape index (κ1) is 20.6. The standard InChI is InChI=1S/C18H28N4O3/c1-5-13(3)19-17(24)11-22(6-2)12-18(25)21-16-9-7-15(8-10-16)20-14(4)23/h7-10,13H,5-6,11-12H2,1-4H3,(H,19,24)(H,20,23)(H,21,25)/p+1/t13-/m0/s1. The number of hydrogen-bond acceptors (Lipinski definition) is 3. The third kappa shape index (κ3) is 8.30. The first-order valence-electron chi connectivity index (χ1n) is 8.64. The molecule has 0 aliphatic carbocycles. The average molecular weight is 349 g/mol. The third-order valence-electron chi connectivity index (χ3n) is 3.83. The van der Waals surface area contributed by atoms with E-state index >= 15 is 0 Å². The van der Waals surface area contributed by atoms with E-state index in [4.69, 9.17) is 0 Å². The van der Waals surface area contributed by atoms with Gasteiger partial charge in [0.25, 0.3) is 11.8 Å². The molecule has 0 saturated heterocycles. The summed E-state index contributed by atoms with van der Waals surface area (Å²) in [6, 6.07) is 7.04.